The molecule has 438 valence electrons. The number of H-pyrrole nitrogens is 1. The van der Waals surface area contributed by atoms with Crippen LogP contribution in [0.1, 0.15) is 40.9 Å². The van der Waals surface area contributed by atoms with Crippen LogP contribution in [0.25, 0.3) is 10.9 Å². The molecule has 0 bridgehead atoms. The van der Waals surface area contributed by atoms with Crippen molar-refractivity contribution in [2.45, 2.75) is 39.0 Å². The Morgan fingerprint density at radius 1 is 0.414 bits per heavy atom. The first-order valence-electron chi connectivity index (χ1n) is 27.9. The molecule has 99 heavy (non-hydrogen) atoms. The average molecular weight is 1300 g/mol. The molecular formula is C93H31BrN2O3. The lowest BCUT2D eigenvalue weighted by Crippen LogP contribution is -2.39. The molecule has 3 heterocycles. The Labute approximate surface area is 590 Å². The Morgan fingerprint density at radius 2 is 0.758 bits per heavy atom. The number of fused-ring (bicyclic) bond motifs is 6. The first-order valence-corrected chi connectivity index (χ1v) is 28.7. The predicted octanol–water partition coefficient (Wildman–Crippen LogP) is 6.93. The van der Waals surface area contributed by atoms with Crippen molar-refractivity contribution in [1.82, 2.24) is 9.88 Å². The van der Waals surface area contributed by atoms with Crippen molar-refractivity contribution in [3.8, 4) is 397 Å². The SMILES string of the molecule is C#CC#CC#CC#CC#CC#CC#CC#CC#CC#CC#CC#CC#CC#CC#CC#CC#CC#CC#CC#CC#CC#CC#CC#CC#CC#CC#CC#CC#CC#CC#CC#CC.COc1ccc2[nH]c3c(c2c1)CC1c2cc(OC)c(OCc4ccc(Br)cc4)cc2CCN1C3. The minimum atomic E-state index is 0.330. The molecule has 0 saturated heterocycles. The summed E-state index contributed by atoms with van der Waals surface area (Å²) in [4.78, 5) is 6.23. The van der Waals surface area contributed by atoms with E-state index in [9.17, 15) is 0 Å². The predicted molar refractivity (Wildman–Crippen MR) is 392 cm³/mol. The van der Waals surface area contributed by atoms with Crippen LogP contribution in [0.3, 0.4) is 0 Å². The molecule has 6 rings (SSSR count). The van der Waals surface area contributed by atoms with Crippen LogP contribution in [0.2, 0.25) is 0 Å². The van der Waals surface area contributed by atoms with Crippen molar-refractivity contribution in [2.75, 3.05) is 20.8 Å². The first kappa shape index (κ1) is 72.7. The van der Waals surface area contributed by atoms with Gasteiger partial charge < -0.3 is 19.2 Å². The molecule has 4 aromatic rings. The maximum absolute atomic E-state index is 6.21. The van der Waals surface area contributed by atoms with E-state index in [1.54, 1.807) is 21.1 Å². The van der Waals surface area contributed by atoms with Gasteiger partial charge in [0.15, 0.2) is 11.5 Å². The van der Waals surface area contributed by atoms with Crippen molar-refractivity contribution < 1.29 is 14.2 Å². The van der Waals surface area contributed by atoms with Crippen molar-refractivity contribution in [1.29, 1.82) is 0 Å². The number of methoxy groups -OCH3 is 2. The van der Waals surface area contributed by atoms with Crippen LogP contribution >= 0.6 is 15.9 Å². The quantitative estimate of drug-likeness (QED) is 0.221. The van der Waals surface area contributed by atoms with E-state index < -0.39 is 0 Å². The largest absolute Gasteiger partial charge is 0.497 e. The van der Waals surface area contributed by atoms with Gasteiger partial charge in [0.2, 0.25) is 0 Å². The van der Waals surface area contributed by atoms with Gasteiger partial charge in [-0.05, 0) is 179 Å². The number of aromatic nitrogens is 1. The van der Waals surface area contributed by atoms with Crippen LogP contribution in [0.4, 0.5) is 0 Å². The molecule has 1 aromatic heterocycles. The molecule has 1 N–H and O–H groups in total. The highest BCUT2D eigenvalue weighted by Crippen LogP contribution is 2.44. The fourth-order valence-electron chi connectivity index (χ4n) is 7.32. The van der Waals surface area contributed by atoms with Gasteiger partial charge in [-0.2, -0.15) is 0 Å². The van der Waals surface area contributed by atoms with Crippen molar-refractivity contribution in [3.63, 3.8) is 0 Å². The highest BCUT2D eigenvalue weighted by atomic mass is 79.9. The summed E-state index contributed by atoms with van der Waals surface area (Å²) in [6.45, 7) is 4.16. The molecule has 3 aromatic carbocycles. The van der Waals surface area contributed by atoms with E-state index in [1.807, 2.05) is 18.2 Å². The summed E-state index contributed by atoms with van der Waals surface area (Å²) in [7, 11) is 3.45. The molecule has 2 aliphatic rings. The Morgan fingerprint density at radius 3 is 1.08 bits per heavy atom. The third-order valence-electron chi connectivity index (χ3n) is 11.1. The van der Waals surface area contributed by atoms with Crippen LogP contribution < -0.4 is 14.2 Å². The Kier molecular flexibility index (Phi) is 35.9. The number of ether oxygens (including phenoxy) is 3. The fourth-order valence-corrected chi connectivity index (χ4v) is 7.58. The molecular weight excluding hydrogens is 1270 g/mol. The van der Waals surface area contributed by atoms with E-state index >= 15 is 0 Å². The molecule has 1 atom stereocenters. The van der Waals surface area contributed by atoms with E-state index in [0.717, 1.165) is 53.2 Å². The number of aromatic amines is 1. The molecule has 0 fully saturated rings. The van der Waals surface area contributed by atoms with Gasteiger partial charge in [0.1, 0.15) is 12.4 Å². The molecule has 6 heteroatoms. The maximum Gasteiger partial charge on any atom is 0.161 e. The minimum absolute atomic E-state index is 0.330. The Bertz CT molecular complexity index is 6230. The zero-order chi connectivity index (χ0) is 69.8. The van der Waals surface area contributed by atoms with Gasteiger partial charge in [0, 0.05) is 313 Å². The van der Waals surface area contributed by atoms with Crippen molar-refractivity contribution >= 4 is 26.8 Å². The summed E-state index contributed by atoms with van der Waals surface area (Å²) in [5, 5.41) is 1.27. The lowest BCUT2D eigenvalue weighted by molar-refractivity contribution is 0.158. The summed E-state index contributed by atoms with van der Waals surface area (Å²) in [5.74, 6) is 159. The van der Waals surface area contributed by atoms with E-state index in [4.69, 9.17) is 20.6 Å². The first-order chi connectivity index (χ1) is 49.0. The zero-order valence-electron chi connectivity index (χ0n) is 52.4. The van der Waals surface area contributed by atoms with E-state index in [0.29, 0.717) is 12.6 Å². The highest BCUT2D eigenvalue weighted by molar-refractivity contribution is 9.10. The van der Waals surface area contributed by atoms with Crippen LogP contribution in [0.15, 0.2) is 59.1 Å². The maximum atomic E-state index is 6.21. The Hall–Kier alpha value is -17.0. The van der Waals surface area contributed by atoms with Gasteiger partial charge in [0.05, 0.1) is 14.2 Å². The third kappa shape index (κ3) is 31.8. The second-order valence-electron chi connectivity index (χ2n) is 17.1. The van der Waals surface area contributed by atoms with Crippen LogP contribution in [0, 0.1) is 379 Å². The summed E-state index contributed by atoms with van der Waals surface area (Å²) in [6.07, 6.45) is 6.92. The van der Waals surface area contributed by atoms with Crippen molar-refractivity contribution in [3.05, 3.63) is 87.0 Å². The number of nitrogens with zero attached hydrogens (tertiary/aromatic N) is 1. The van der Waals surface area contributed by atoms with Crippen LogP contribution in [0.5, 0.6) is 17.2 Å². The van der Waals surface area contributed by atoms with Crippen molar-refractivity contribution in [2.24, 2.45) is 0 Å². The molecule has 0 spiro atoms. The molecule has 1 unspecified atom stereocenters. The average Bonchev–Trinajstić information content (AvgIpc) is 1.70. The van der Waals surface area contributed by atoms with E-state index in [1.165, 1.54) is 33.3 Å². The van der Waals surface area contributed by atoms with Gasteiger partial charge in [-0.3, -0.25) is 4.90 Å². The van der Waals surface area contributed by atoms with Gasteiger partial charge in [-0.15, -0.1) is 6.42 Å². The number of rotatable bonds is 5. The number of nitrogens with one attached hydrogen (secondary N) is 1. The van der Waals surface area contributed by atoms with Gasteiger partial charge in [-0.25, -0.2) is 0 Å². The Balaban J connectivity index is 0.000000426. The third-order valence-corrected chi connectivity index (χ3v) is 11.6. The van der Waals surface area contributed by atoms with E-state index in [-0.39, 0.29) is 0 Å². The lowest BCUT2D eigenvalue weighted by Gasteiger charge is -2.40. The van der Waals surface area contributed by atoms with Gasteiger partial charge >= 0.3 is 0 Å². The monoisotopic (exact) mass is 1300 g/mol. The second kappa shape index (κ2) is 48.8. The smallest absolute Gasteiger partial charge is 0.161 e. The summed E-state index contributed by atoms with van der Waals surface area (Å²) in [6, 6.07) is 19.2. The van der Waals surface area contributed by atoms with Gasteiger partial charge in [0.25, 0.3) is 0 Å². The molecule has 0 amide bonds. The number of benzene rings is 3. The molecule has 0 radical (unpaired) electrons. The number of hydrogen-bond acceptors (Lipinski definition) is 4. The number of hydrogen-bond donors (Lipinski definition) is 1. The standard InChI is InChI=1S/C65H4.C28H27BrN2O3/c1-3-5-7-9-11-13-15-17-19-21-23-25-27-29-31-33-35-37-39-41-43-45-47-49-51-53-55-57-59-61-63-65-64-62-60-58-56-54-52-50-48-46-44-42-40-38-36-34-32-30-28-26-24-22-20-18-16-14-12-10-8-6-4-2;1-32-20-7-8-24-22(12-20)23-13-26-21-14-27(33-2)28(34-16-17-3-5-19(29)6-4-17)11-18(21)9-10-31(26)15-25(23)30-24/h1H,2H3;3-8,11-12,14,26,30H,9-10,13,15-16H2,1-2H3. The second-order valence-corrected chi connectivity index (χ2v) is 18.0. The fraction of sp³-hybridized carbons (Fsp3) is 0.0968. The van der Waals surface area contributed by atoms with Crippen LogP contribution in [-0.2, 0) is 26.0 Å². The molecule has 0 saturated carbocycles. The van der Waals surface area contributed by atoms with Crippen LogP contribution in [-0.4, -0.2) is 30.6 Å². The summed E-state index contributed by atoms with van der Waals surface area (Å²) >= 11 is 3.49. The highest BCUT2D eigenvalue weighted by Gasteiger charge is 2.35. The molecule has 2 aliphatic heterocycles. The zero-order valence-corrected chi connectivity index (χ0v) is 54.0. The normalized spacial score (nSPS) is 8.45. The lowest BCUT2D eigenvalue weighted by atomic mass is 9.85. The summed E-state index contributed by atoms with van der Waals surface area (Å²) in [5.41, 5.74) is 7.74. The van der Waals surface area contributed by atoms with E-state index in [2.05, 4.69) is 435 Å². The van der Waals surface area contributed by atoms with Gasteiger partial charge in [-0.1, -0.05) is 34.0 Å². The number of halogens is 1. The molecule has 5 nitrogen and oxygen atoms in total. The topological polar surface area (TPSA) is 46.7 Å². The summed E-state index contributed by atoms with van der Waals surface area (Å²) < 4.78 is 18.5. The number of terminal acetylenes is 1. The minimum Gasteiger partial charge on any atom is -0.497 e. The molecule has 0 aliphatic carbocycles.